The summed E-state index contributed by atoms with van der Waals surface area (Å²) in [5.74, 6) is 0.847. The topological polar surface area (TPSA) is 38.8 Å². The molecule has 4 nitrogen and oxygen atoms in total. The number of nitrogens with zero attached hydrogens (tertiary/aromatic N) is 1. The van der Waals surface area contributed by atoms with Crippen molar-refractivity contribution >= 4 is 6.09 Å². The van der Waals surface area contributed by atoms with Gasteiger partial charge in [-0.25, -0.2) is 4.79 Å². The van der Waals surface area contributed by atoms with E-state index in [4.69, 9.17) is 9.47 Å². The summed E-state index contributed by atoms with van der Waals surface area (Å²) in [6, 6.07) is 7.79. The minimum atomic E-state index is -0.269. The van der Waals surface area contributed by atoms with Gasteiger partial charge in [0.1, 0.15) is 12.4 Å². The number of carbonyl (C=O) groups excluding carboxylic acids is 1. The van der Waals surface area contributed by atoms with Crippen LogP contribution in [-0.2, 0) is 11.2 Å². The van der Waals surface area contributed by atoms with Gasteiger partial charge in [-0.2, -0.15) is 0 Å². The second-order valence-electron chi connectivity index (χ2n) is 4.14. The lowest BCUT2D eigenvalue weighted by Crippen LogP contribution is -2.33. The lowest BCUT2D eigenvalue weighted by atomic mass is 10.1. The molecule has 4 heteroatoms. The summed E-state index contributed by atoms with van der Waals surface area (Å²) in [5, 5.41) is 0. The monoisotopic (exact) mass is 247 g/mol. The van der Waals surface area contributed by atoms with Crippen LogP contribution in [0.5, 0.6) is 5.75 Å². The predicted octanol–water partition coefficient (Wildman–Crippen LogP) is 2.24. The smallest absolute Gasteiger partial charge is 0.410 e. The van der Waals surface area contributed by atoms with Crippen LogP contribution in [0.3, 0.4) is 0 Å². The zero-order valence-electron chi connectivity index (χ0n) is 10.5. The second kappa shape index (κ2) is 5.58. The third-order valence-electron chi connectivity index (χ3n) is 3.10. The van der Waals surface area contributed by atoms with Gasteiger partial charge in [-0.05, 0) is 18.1 Å². The number of benzene rings is 1. The minimum absolute atomic E-state index is 0.0211. The molecule has 1 aromatic carbocycles. The van der Waals surface area contributed by atoms with Gasteiger partial charge in [-0.1, -0.05) is 24.3 Å². The van der Waals surface area contributed by atoms with Crippen LogP contribution in [0, 0.1) is 0 Å². The van der Waals surface area contributed by atoms with E-state index in [1.165, 1.54) is 0 Å². The molecule has 0 aromatic heterocycles. The third kappa shape index (κ3) is 2.47. The van der Waals surface area contributed by atoms with Gasteiger partial charge in [0.2, 0.25) is 0 Å². The minimum Gasteiger partial charge on any atom is -0.496 e. The molecule has 1 heterocycles. The molecule has 1 saturated heterocycles. The normalized spacial score (nSPS) is 18.6. The molecule has 0 spiro atoms. The van der Waals surface area contributed by atoms with Gasteiger partial charge in [-0.15, -0.1) is 6.58 Å². The first-order valence-corrected chi connectivity index (χ1v) is 5.94. The van der Waals surface area contributed by atoms with Gasteiger partial charge in [-0.3, -0.25) is 4.90 Å². The van der Waals surface area contributed by atoms with Crippen LogP contribution < -0.4 is 4.74 Å². The SMILES string of the molecule is C=C[C@H]1COC(=O)N1CCc1ccccc1OC. The molecule has 0 radical (unpaired) electrons. The number of para-hydroxylation sites is 1. The highest BCUT2D eigenvalue weighted by Gasteiger charge is 2.30. The van der Waals surface area contributed by atoms with Crippen LogP contribution in [0.2, 0.25) is 0 Å². The number of carbonyl (C=O) groups is 1. The number of cyclic esters (lactones) is 1. The van der Waals surface area contributed by atoms with Gasteiger partial charge in [0, 0.05) is 6.54 Å². The Morgan fingerprint density at radius 3 is 3.06 bits per heavy atom. The Morgan fingerprint density at radius 1 is 1.56 bits per heavy atom. The Bertz CT molecular complexity index is 444. The summed E-state index contributed by atoms with van der Waals surface area (Å²) in [7, 11) is 1.65. The molecule has 1 atom stereocenters. The first kappa shape index (κ1) is 12.5. The maximum absolute atomic E-state index is 11.5. The van der Waals surface area contributed by atoms with E-state index in [-0.39, 0.29) is 12.1 Å². The van der Waals surface area contributed by atoms with E-state index in [2.05, 4.69) is 6.58 Å². The van der Waals surface area contributed by atoms with Crippen molar-refractivity contribution in [2.45, 2.75) is 12.5 Å². The van der Waals surface area contributed by atoms with Crippen LogP contribution in [-0.4, -0.2) is 37.3 Å². The highest BCUT2D eigenvalue weighted by atomic mass is 16.6. The van der Waals surface area contributed by atoms with Crippen LogP contribution in [0.4, 0.5) is 4.79 Å². The van der Waals surface area contributed by atoms with Crippen LogP contribution in [0.25, 0.3) is 0 Å². The fourth-order valence-electron chi connectivity index (χ4n) is 2.07. The summed E-state index contributed by atoms with van der Waals surface area (Å²) in [6.45, 7) is 4.72. The maximum atomic E-state index is 11.5. The van der Waals surface area contributed by atoms with Crippen molar-refractivity contribution < 1.29 is 14.3 Å². The Balaban J connectivity index is 2.02. The van der Waals surface area contributed by atoms with E-state index in [1.54, 1.807) is 18.1 Å². The van der Waals surface area contributed by atoms with E-state index in [1.807, 2.05) is 24.3 Å². The Morgan fingerprint density at radius 2 is 2.33 bits per heavy atom. The highest BCUT2D eigenvalue weighted by molar-refractivity contribution is 5.70. The number of rotatable bonds is 5. The molecule has 96 valence electrons. The Labute approximate surface area is 107 Å². The predicted molar refractivity (Wildman–Crippen MR) is 68.7 cm³/mol. The van der Waals surface area contributed by atoms with Gasteiger partial charge >= 0.3 is 6.09 Å². The molecular formula is C14H17NO3. The van der Waals surface area contributed by atoms with Crippen molar-refractivity contribution in [3.8, 4) is 5.75 Å². The van der Waals surface area contributed by atoms with Crippen molar-refractivity contribution in [2.75, 3.05) is 20.3 Å². The van der Waals surface area contributed by atoms with E-state index < -0.39 is 0 Å². The molecule has 0 unspecified atom stereocenters. The lowest BCUT2D eigenvalue weighted by molar-refractivity contribution is 0.158. The average Bonchev–Trinajstić information content (AvgIpc) is 2.77. The van der Waals surface area contributed by atoms with Crippen molar-refractivity contribution in [1.82, 2.24) is 4.90 Å². The summed E-state index contributed by atoms with van der Waals surface area (Å²) in [6.07, 6.45) is 2.21. The van der Waals surface area contributed by atoms with Crippen molar-refractivity contribution in [3.05, 3.63) is 42.5 Å². The van der Waals surface area contributed by atoms with Crippen LogP contribution in [0.15, 0.2) is 36.9 Å². The summed E-state index contributed by atoms with van der Waals surface area (Å²) in [5.41, 5.74) is 1.09. The summed E-state index contributed by atoms with van der Waals surface area (Å²) in [4.78, 5) is 13.2. The van der Waals surface area contributed by atoms with E-state index in [0.29, 0.717) is 13.2 Å². The molecule has 0 N–H and O–H groups in total. The quantitative estimate of drug-likeness (QED) is 0.749. The average molecular weight is 247 g/mol. The third-order valence-corrected chi connectivity index (χ3v) is 3.10. The molecule has 1 fully saturated rings. The van der Waals surface area contributed by atoms with Gasteiger partial charge in [0.25, 0.3) is 0 Å². The molecule has 1 aromatic rings. The van der Waals surface area contributed by atoms with Crippen molar-refractivity contribution in [2.24, 2.45) is 0 Å². The first-order chi connectivity index (χ1) is 8.76. The zero-order valence-corrected chi connectivity index (χ0v) is 10.5. The van der Waals surface area contributed by atoms with E-state index >= 15 is 0 Å². The summed E-state index contributed by atoms with van der Waals surface area (Å²) < 4.78 is 10.3. The molecular weight excluding hydrogens is 230 g/mol. The van der Waals surface area contributed by atoms with E-state index in [0.717, 1.165) is 17.7 Å². The summed E-state index contributed by atoms with van der Waals surface area (Å²) >= 11 is 0. The number of methoxy groups -OCH3 is 1. The van der Waals surface area contributed by atoms with Gasteiger partial charge in [0.05, 0.1) is 13.2 Å². The molecule has 18 heavy (non-hydrogen) atoms. The van der Waals surface area contributed by atoms with Gasteiger partial charge in [0.15, 0.2) is 0 Å². The highest BCUT2D eigenvalue weighted by Crippen LogP contribution is 2.20. The molecule has 1 aliphatic heterocycles. The zero-order chi connectivity index (χ0) is 13.0. The number of hydrogen-bond acceptors (Lipinski definition) is 3. The fraction of sp³-hybridized carbons (Fsp3) is 0.357. The fourth-order valence-corrected chi connectivity index (χ4v) is 2.07. The first-order valence-electron chi connectivity index (χ1n) is 5.94. The second-order valence-corrected chi connectivity index (χ2v) is 4.14. The Kier molecular flexibility index (Phi) is 3.87. The molecule has 1 aliphatic rings. The van der Waals surface area contributed by atoms with Crippen molar-refractivity contribution in [3.63, 3.8) is 0 Å². The van der Waals surface area contributed by atoms with Gasteiger partial charge < -0.3 is 9.47 Å². The molecule has 0 saturated carbocycles. The largest absolute Gasteiger partial charge is 0.496 e. The number of hydrogen-bond donors (Lipinski definition) is 0. The van der Waals surface area contributed by atoms with Crippen molar-refractivity contribution in [1.29, 1.82) is 0 Å². The van der Waals surface area contributed by atoms with Crippen LogP contribution >= 0.6 is 0 Å². The standard InChI is InChI=1S/C14H17NO3/c1-3-12-10-18-14(16)15(12)9-8-11-6-4-5-7-13(11)17-2/h3-7,12H,1,8-10H2,2H3/t12-/m0/s1. The molecule has 0 aliphatic carbocycles. The van der Waals surface area contributed by atoms with Crippen LogP contribution in [0.1, 0.15) is 5.56 Å². The maximum Gasteiger partial charge on any atom is 0.410 e. The number of ether oxygens (including phenoxy) is 2. The number of amides is 1. The van der Waals surface area contributed by atoms with E-state index in [9.17, 15) is 4.79 Å². The molecule has 1 amide bonds. The Hall–Kier alpha value is -1.97. The lowest BCUT2D eigenvalue weighted by Gasteiger charge is -2.19. The molecule has 0 bridgehead atoms. The molecule has 2 rings (SSSR count).